The number of thiazole rings is 1. The maximum absolute atomic E-state index is 6.33. The van der Waals surface area contributed by atoms with Crippen molar-refractivity contribution in [2.75, 3.05) is 0 Å². The summed E-state index contributed by atoms with van der Waals surface area (Å²) in [6.07, 6.45) is 6.78. The van der Waals surface area contributed by atoms with E-state index in [9.17, 15) is 0 Å². The average Bonchev–Trinajstić information content (AvgIpc) is 3.51. The molecule has 158 valence electrons. The van der Waals surface area contributed by atoms with Crippen molar-refractivity contribution in [3.63, 3.8) is 0 Å². The molecule has 1 aromatic carbocycles. The molecule has 4 aromatic rings. The summed E-state index contributed by atoms with van der Waals surface area (Å²) in [4.78, 5) is 6.30. The molecule has 0 radical (unpaired) electrons. The number of fused-ring (bicyclic) bond motifs is 1. The molecule has 0 N–H and O–H groups in total. The summed E-state index contributed by atoms with van der Waals surface area (Å²) in [6.45, 7) is 4.64. The molecule has 0 saturated carbocycles. The smallest absolute Gasteiger partial charge is 0.192 e. The number of thiophene rings is 1. The van der Waals surface area contributed by atoms with Gasteiger partial charge in [0.05, 0.1) is 10.7 Å². The lowest BCUT2D eigenvalue weighted by atomic mass is 9.95. The van der Waals surface area contributed by atoms with Crippen LogP contribution in [-0.4, -0.2) is 19.7 Å². The number of aryl methyl sites for hydroxylation is 1. The maximum atomic E-state index is 6.33. The van der Waals surface area contributed by atoms with E-state index in [0.717, 1.165) is 44.4 Å². The third-order valence-corrected chi connectivity index (χ3v) is 8.68. The number of hydrogen-bond acceptors (Lipinski definition) is 6. The highest BCUT2D eigenvalue weighted by Crippen LogP contribution is 2.37. The zero-order valence-corrected chi connectivity index (χ0v) is 20.1. The Kier molecular flexibility index (Phi) is 6.27. The molecule has 0 amide bonds. The van der Waals surface area contributed by atoms with Gasteiger partial charge < -0.3 is 0 Å². The summed E-state index contributed by atoms with van der Waals surface area (Å²) < 4.78 is 2.18. The number of aromatic nitrogens is 4. The second kappa shape index (κ2) is 9.28. The number of nitrogens with zero attached hydrogens (tertiary/aromatic N) is 4. The molecule has 3 heterocycles. The summed E-state index contributed by atoms with van der Waals surface area (Å²) in [5.41, 5.74) is 4.71. The molecule has 31 heavy (non-hydrogen) atoms. The third kappa shape index (κ3) is 4.24. The Bertz CT molecular complexity index is 1220. The van der Waals surface area contributed by atoms with Crippen molar-refractivity contribution in [1.29, 1.82) is 0 Å². The van der Waals surface area contributed by atoms with Gasteiger partial charge >= 0.3 is 0 Å². The SMILES string of the molecule is C=CCn1c(SCc2csc(-c3ccccc3Cl)n2)nnc1-c1csc2c1CCCC2. The highest BCUT2D eigenvalue weighted by molar-refractivity contribution is 7.98. The Labute approximate surface area is 199 Å². The number of thioether (sulfide) groups is 1. The number of halogens is 1. The zero-order chi connectivity index (χ0) is 21.2. The molecule has 0 saturated heterocycles. The van der Waals surface area contributed by atoms with Gasteiger partial charge in [-0.2, -0.15) is 0 Å². The van der Waals surface area contributed by atoms with Crippen LogP contribution in [0.1, 0.15) is 29.0 Å². The first-order valence-electron chi connectivity index (χ1n) is 10.2. The lowest BCUT2D eigenvalue weighted by Crippen LogP contribution is -2.04. The van der Waals surface area contributed by atoms with Crippen molar-refractivity contribution in [2.24, 2.45) is 0 Å². The van der Waals surface area contributed by atoms with E-state index >= 15 is 0 Å². The van der Waals surface area contributed by atoms with E-state index in [0.29, 0.717) is 6.54 Å². The quantitative estimate of drug-likeness (QED) is 0.206. The van der Waals surface area contributed by atoms with Gasteiger partial charge in [-0.3, -0.25) is 4.57 Å². The molecule has 1 aliphatic carbocycles. The van der Waals surface area contributed by atoms with Crippen LogP contribution in [0.4, 0.5) is 0 Å². The van der Waals surface area contributed by atoms with Gasteiger partial charge in [-0.1, -0.05) is 47.6 Å². The molecule has 3 aromatic heterocycles. The van der Waals surface area contributed by atoms with E-state index in [4.69, 9.17) is 16.6 Å². The van der Waals surface area contributed by atoms with Crippen molar-refractivity contribution >= 4 is 46.0 Å². The van der Waals surface area contributed by atoms with E-state index in [1.165, 1.54) is 35.3 Å². The maximum Gasteiger partial charge on any atom is 0.192 e. The molecule has 5 rings (SSSR count). The topological polar surface area (TPSA) is 43.6 Å². The minimum Gasteiger partial charge on any atom is -0.298 e. The number of hydrogen-bond donors (Lipinski definition) is 0. The van der Waals surface area contributed by atoms with Gasteiger partial charge in [-0.25, -0.2) is 4.98 Å². The summed E-state index contributed by atoms with van der Waals surface area (Å²) in [7, 11) is 0. The second-order valence-corrected chi connectivity index (χ2v) is 10.5. The number of allylic oxidation sites excluding steroid dienone is 1. The Hall–Kier alpha value is -1.93. The highest BCUT2D eigenvalue weighted by atomic mass is 35.5. The summed E-state index contributed by atoms with van der Waals surface area (Å²) in [6, 6.07) is 7.83. The summed E-state index contributed by atoms with van der Waals surface area (Å²) in [5, 5.41) is 16.0. The van der Waals surface area contributed by atoms with Crippen molar-refractivity contribution in [2.45, 2.75) is 43.1 Å². The van der Waals surface area contributed by atoms with Crippen LogP contribution in [0.25, 0.3) is 22.0 Å². The predicted octanol–water partition coefficient (Wildman–Crippen LogP) is 7.14. The van der Waals surface area contributed by atoms with Crippen LogP contribution in [0.2, 0.25) is 5.02 Å². The normalized spacial score (nSPS) is 13.3. The molecular formula is C23H21ClN4S3. The predicted molar refractivity (Wildman–Crippen MR) is 132 cm³/mol. The van der Waals surface area contributed by atoms with E-state index in [1.54, 1.807) is 23.1 Å². The molecule has 8 heteroatoms. The standard InChI is InChI=1S/C23H21ClN4S3/c1-2-11-28-21(18-14-29-20-10-6-4-7-16(18)20)26-27-23(28)31-13-15-12-30-22(25-15)17-8-3-5-9-19(17)24/h2-3,5,8-9,12,14H,1,4,6-7,10-11,13H2. The Morgan fingerprint density at radius 3 is 2.84 bits per heavy atom. The molecule has 0 atom stereocenters. The molecule has 0 fully saturated rings. The van der Waals surface area contributed by atoms with Crippen LogP contribution in [0.15, 0.2) is 52.8 Å². The molecule has 1 aliphatic rings. The van der Waals surface area contributed by atoms with E-state index in [2.05, 4.69) is 32.1 Å². The van der Waals surface area contributed by atoms with Crippen LogP contribution < -0.4 is 0 Å². The van der Waals surface area contributed by atoms with Crippen LogP contribution in [0, 0.1) is 0 Å². The Morgan fingerprint density at radius 2 is 1.97 bits per heavy atom. The first-order valence-corrected chi connectivity index (χ1v) is 13.3. The van der Waals surface area contributed by atoms with Crippen LogP contribution >= 0.6 is 46.0 Å². The second-order valence-electron chi connectivity index (χ2n) is 7.38. The fourth-order valence-corrected chi connectivity index (χ4v) is 7.05. The lowest BCUT2D eigenvalue weighted by molar-refractivity contribution is 0.694. The Morgan fingerprint density at radius 1 is 1.10 bits per heavy atom. The van der Waals surface area contributed by atoms with Crippen molar-refractivity contribution in [3.8, 4) is 22.0 Å². The van der Waals surface area contributed by atoms with E-state index in [-0.39, 0.29) is 0 Å². The van der Waals surface area contributed by atoms with Gasteiger partial charge in [0.1, 0.15) is 5.01 Å². The summed E-state index contributed by atoms with van der Waals surface area (Å²) >= 11 is 11.5. The molecule has 4 nitrogen and oxygen atoms in total. The summed E-state index contributed by atoms with van der Waals surface area (Å²) in [5.74, 6) is 1.69. The van der Waals surface area contributed by atoms with Crippen LogP contribution in [0.3, 0.4) is 0 Å². The zero-order valence-electron chi connectivity index (χ0n) is 16.9. The fourth-order valence-electron chi connectivity index (χ4n) is 3.84. The van der Waals surface area contributed by atoms with Crippen LogP contribution in [-0.2, 0) is 25.1 Å². The molecule has 0 unspecified atom stereocenters. The van der Waals surface area contributed by atoms with Gasteiger partial charge in [0.2, 0.25) is 0 Å². The minimum absolute atomic E-state index is 0.692. The molecule has 0 bridgehead atoms. The van der Waals surface area contributed by atoms with Gasteiger partial charge in [0, 0.05) is 39.1 Å². The van der Waals surface area contributed by atoms with Gasteiger partial charge in [-0.05, 0) is 37.3 Å². The van der Waals surface area contributed by atoms with E-state index in [1.807, 2.05) is 41.7 Å². The van der Waals surface area contributed by atoms with Crippen LogP contribution in [0.5, 0.6) is 0 Å². The number of rotatable bonds is 7. The van der Waals surface area contributed by atoms with Crippen molar-refractivity contribution in [3.05, 3.63) is 68.8 Å². The third-order valence-electron chi connectivity index (χ3n) is 5.34. The van der Waals surface area contributed by atoms with Crippen molar-refractivity contribution < 1.29 is 0 Å². The van der Waals surface area contributed by atoms with Gasteiger partial charge in [0.15, 0.2) is 11.0 Å². The molecular weight excluding hydrogens is 464 g/mol. The minimum atomic E-state index is 0.692. The first-order chi connectivity index (χ1) is 15.2. The largest absolute Gasteiger partial charge is 0.298 e. The van der Waals surface area contributed by atoms with Gasteiger partial charge in [-0.15, -0.1) is 39.4 Å². The van der Waals surface area contributed by atoms with Crippen molar-refractivity contribution in [1.82, 2.24) is 19.7 Å². The number of benzene rings is 1. The molecule has 0 aliphatic heterocycles. The average molecular weight is 485 g/mol. The molecule has 0 spiro atoms. The first kappa shape index (κ1) is 20.9. The monoisotopic (exact) mass is 484 g/mol. The Balaban J connectivity index is 1.38. The highest BCUT2D eigenvalue weighted by Gasteiger charge is 2.22. The fraction of sp³-hybridized carbons (Fsp3) is 0.261. The lowest BCUT2D eigenvalue weighted by Gasteiger charge is -2.13. The van der Waals surface area contributed by atoms with Gasteiger partial charge in [0.25, 0.3) is 0 Å². The van der Waals surface area contributed by atoms with E-state index < -0.39 is 0 Å².